The molecular formula is C14H10N4O6S2. The average Bonchev–Trinajstić information content (AvgIpc) is 3.35. The van der Waals surface area contributed by atoms with Crippen molar-refractivity contribution in [3.63, 3.8) is 0 Å². The Morgan fingerprint density at radius 1 is 0.846 bits per heavy atom. The quantitative estimate of drug-likeness (QED) is 0.362. The molecule has 0 aliphatic heterocycles. The summed E-state index contributed by atoms with van der Waals surface area (Å²) < 4.78 is 9.98. The molecule has 0 aliphatic rings. The van der Waals surface area contributed by atoms with Crippen LogP contribution in [0.2, 0.25) is 0 Å². The molecule has 12 heteroatoms. The van der Waals surface area contributed by atoms with Gasteiger partial charge in [-0.3, -0.25) is 20.0 Å². The van der Waals surface area contributed by atoms with Crippen LogP contribution in [0.5, 0.6) is 0 Å². The number of aromatic nitrogens is 2. The van der Waals surface area contributed by atoms with Crippen LogP contribution < -0.4 is 11.0 Å². The number of carbonyl (C=O) groups excluding carboxylic acids is 2. The number of benzene rings is 1. The highest BCUT2D eigenvalue weighted by Gasteiger charge is 2.22. The van der Waals surface area contributed by atoms with Crippen LogP contribution in [-0.2, 0) is 0 Å². The van der Waals surface area contributed by atoms with Crippen LogP contribution in [0.15, 0.2) is 65.7 Å². The summed E-state index contributed by atoms with van der Waals surface area (Å²) >= 11 is 2.03. The highest BCUT2D eigenvalue weighted by Crippen LogP contribution is 2.37. The molecule has 0 unspecified atom stereocenters. The van der Waals surface area contributed by atoms with Gasteiger partial charge >= 0.3 is 0 Å². The third kappa shape index (κ3) is 3.88. The van der Waals surface area contributed by atoms with Gasteiger partial charge in [0, 0.05) is 21.9 Å². The molecule has 26 heavy (non-hydrogen) atoms. The number of amides is 2. The zero-order valence-corrected chi connectivity index (χ0v) is 14.3. The molecule has 4 N–H and O–H groups in total. The number of nitrogens with zero attached hydrogens (tertiary/aromatic N) is 2. The molecule has 1 aromatic carbocycles. The molecule has 0 atom stereocenters. The standard InChI is InChI=1S/C14H10N4O6S2/c19-13(17-21)7-6-10(26-12-2-4-16-24-12)8(14(20)18-22)5-9(7)25-11-1-3-15-23-11/h1-6,21-22H,(H,17,19)(H,18,20). The summed E-state index contributed by atoms with van der Waals surface area (Å²) in [5.41, 5.74) is 3.26. The fourth-order valence-electron chi connectivity index (χ4n) is 1.93. The van der Waals surface area contributed by atoms with E-state index < -0.39 is 11.8 Å². The van der Waals surface area contributed by atoms with E-state index in [1.807, 2.05) is 0 Å². The normalized spacial score (nSPS) is 10.5. The third-order valence-electron chi connectivity index (χ3n) is 3.02. The maximum absolute atomic E-state index is 12.1. The van der Waals surface area contributed by atoms with E-state index in [9.17, 15) is 9.59 Å². The Labute approximate surface area is 153 Å². The van der Waals surface area contributed by atoms with E-state index in [1.54, 1.807) is 23.1 Å². The zero-order valence-electron chi connectivity index (χ0n) is 12.7. The lowest BCUT2D eigenvalue weighted by molar-refractivity contribution is 0.0692. The Balaban J connectivity index is 2.10. The zero-order chi connectivity index (χ0) is 18.5. The SMILES string of the molecule is O=C(NO)c1cc(Sc2ccno2)c(C(=O)NO)cc1Sc1ccno1. The summed E-state index contributed by atoms with van der Waals surface area (Å²) in [6.07, 6.45) is 2.84. The van der Waals surface area contributed by atoms with Gasteiger partial charge in [0.1, 0.15) is 0 Å². The van der Waals surface area contributed by atoms with Crippen molar-refractivity contribution >= 4 is 35.3 Å². The van der Waals surface area contributed by atoms with Gasteiger partial charge in [-0.2, -0.15) is 0 Å². The van der Waals surface area contributed by atoms with Gasteiger partial charge in [-0.15, -0.1) is 0 Å². The van der Waals surface area contributed by atoms with Gasteiger partial charge in [0.15, 0.2) is 10.2 Å². The summed E-state index contributed by atoms with van der Waals surface area (Å²) in [5.74, 6) is -1.58. The van der Waals surface area contributed by atoms with E-state index in [-0.39, 0.29) is 11.1 Å². The van der Waals surface area contributed by atoms with Crippen LogP contribution in [0.4, 0.5) is 0 Å². The fraction of sp³-hybridized carbons (Fsp3) is 0. The third-order valence-corrected chi connectivity index (χ3v) is 4.96. The Bertz CT molecular complexity index is 838. The van der Waals surface area contributed by atoms with Crippen LogP contribution in [-0.4, -0.2) is 32.5 Å². The Morgan fingerprint density at radius 3 is 1.58 bits per heavy atom. The smallest absolute Gasteiger partial charge is 0.275 e. The molecule has 0 bridgehead atoms. The first-order valence-electron chi connectivity index (χ1n) is 6.86. The van der Waals surface area contributed by atoms with E-state index in [0.29, 0.717) is 20.0 Å². The Morgan fingerprint density at radius 2 is 1.27 bits per heavy atom. The molecule has 0 saturated carbocycles. The molecule has 0 aliphatic carbocycles. The van der Waals surface area contributed by atoms with E-state index in [1.165, 1.54) is 24.5 Å². The molecule has 3 rings (SSSR count). The largest absolute Gasteiger partial charge is 0.350 e. The first-order chi connectivity index (χ1) is 12.6. The predicted octanol–water partition coefficient (Wildman–Crippen LogP) is 2.20. The predicted molar refractivity (Wildman–Crippen MR) is 86.2 cm³/mol. The van der Waals surface area contributed by atoms with Crippen molar-refractivity contribution in [2.45, 2.75) is 20.0 Å². The second kappa shape index (κ2) is 8.05. The number of nitrogens with one attached hydrogen (secondary N) is 2. The van der Waals surface area contributed by atoms with Crippen molar-refractivity contribution in [2.24, 2.45) is 0 Å². The van der Waals surface area contributed by atoms with Crippen LogP contribution in [0.3, 0.4) is 0 Å². The topological polar surface area (TPSA) is 151 Å². The minimum Gasteiger partial charge on any atom is -0.350 e. The lowest BCUT2D eigenvalue weighted by Gasteiger charge is -2.12. The lowest BCUT2D eigenvalue weighted by Crippen LogP contribution is -2.22. The summed E-state index contributed by atoms with van der Waals surface area (Å²) in [7, 11) is 0. The summed E-state index contributed by atoms with van der Waals surface area (Å²) in [6.45, 7) is 0. The summed E-state index contributed by atoms with van der Waals surface area (Å²) in [5, 5.41) is 25.9. The van der Waals surface area contributed by atoms with Crippen molar-refractivity contribution < 1.29 is 29.0 Å². The molecule has 0 spiro atoms. The highest BCUT2D eigenvalue weighted by atomic mass is 32.2. The van der Waals surface area contributed by atoms with Gasteiger partial charge in [0.25, 0.3) is 11.8 Å². The van der Waals surface area contributed by atoms with Crippen LogP contribution in [0.25, 0.3) is 0 Å². The molecular weight excluding hydrogens is 384 g/mol. The minimum absolute atomic E-state index is 0.0744. The van der Waals surface area contributed by atoms with Gasteiger partial charge in [-0.05, 0) is 35.7 Å². The average molecular weight is 394 g/mol. The minimum atomic E-state index is -0.789. The molecule has 2 heterocycles. The molecule has 2 aromatic heterocycles. The first-order valence-corrected chi connectivity index (χ1v) is 8.49. The van der Waals surface area contributed by atoms with Crippen molar-refractivity contribution in [1.29, 1.82) is 0 Å². The monoisotopic (exact) mass is 394 g/mol. The number of hydrogen-bond acceptors (Lipinski definition) is 10. The van der Waals surface area contributed by atoms with Gasteiger partial charge in [-0.25, -0.2) is 11.0 Å². The number of carbonyl (C=O) groups is 2. The number of rotatable bonds is 6. The van der Waals surface area contributed by atoms with Crippen molar-refractivity contribution in [2.75, 3.05) is 0 Å². The molecule has 0 saturated heterocycles. The maximum Gasteiger partial charge on any atom is 0.275 e. The van der Waals surface area contributed by atoms with Gasteiger partial charge in [0.05, 0.1) is 23.5 Å². The molecule has 2 amide bonds. The van der Waals surface area contributed by atoms with E-state index >= 15 is 0 Å². The van der Waals surface area contributed by atoms with E-state index in [2.05, 4.69) is 10.3 Å². The molecule has 10 nitrogen and oxygen atoms in total. The Hall–Kier alpha value is -2.80. The van der Waals surface area contributed by atoms with Crippen LogP contribution in [0.1, 0.15) is 20.7 Å². The Kier molecular flexibility index (Phi) is 5.58. The molecule has 0 fully saturated rings. The fourth-order valence-corrected chi connectivity index (χ4v) is 3.66. The summed E-state index contributed by atoms with van der Waals surface area (Å²) in [4.78, 5) is 24.7. The molecule has 134 valence electrons. The lowest BCUT2D eigenvalue weighted by atomic mass is 10.1. The van der Waals surface area contributed by atoms with E-state index in [0.717, 1.165) is 23.5 Å². The molecule has 0 radical (unpaired) electrons. The highest BCUT2D eigenvalue weighted by molar-refractivity contribution is 7.99. The van der Waals surface area contributed by atoms with E-state index in [4.69, 9.17) is 19.5 Å². The maximum atomic E-state index is 12.1. The summed E-state index contributed by atoms with van der Waals surface area (Å²) in [6, 6.07) is 5.88. The van der Waals surface area contributed by atoms with Crippen molar-refractivity contribution in [3.05, 3.63) is 47.8 Å². The van der Waals surface area contributed by atoms with Crippen molar-refractivity contribution in [1.82, 2.24) is 21.3 Å². The van der Waals surface area contributed by atoms with Gasteiger partial charge < -0.3 is 9.05 Å². The van der Waals surface area contributed by atoms with Crippen LogP contribution >= 0.6 is 23.5 Å². The molecule has 3 aromatic rings. The second-order valence-corrected chi connectivity index (χ2v) is 6.69. The number of hydrogen-bond donors (Lipinski definition) is 4. The number of hydroxylamine groups is 2. The van der Waals surface area contributed by atoms with Gasteiger partial charge in [0.2, 0.25) is 0 Å². The second-order valence-electron chi connectivity index (χ2n) is 4.59. The van der Waals surface area contributed by atoms with Crippen LogP contribution in [0, 0.1) is 0 Å². The van der Waals surface area contributed by atoms with Crippen molar-refractivity contribution in [3.8, 4) is 0 Å². The first kappa shape index (κ1) is 18.0. The van der Waals surface area contributed by atoms with Gasteiger partial charge in [-0.1, -0.05) is 10.3 Å².